The highest BCUT2D eigenvalue weighted by atomic mass is 32.1. The van der Waals surface area contributed by atoms with Gasteiger partial charge < -0.3 is 15.8 Å². The molecule has 1 amide bonds. The molecule has 4 aromatic rings. The molecule has 124 valence electrons. The summed E-state index contributed by atoms with van der Waals surface area (Å²) in [4.78, 5) is 25.1. The van der Waals surface area contributed by atoms with Gasteiger partial charge in [0.2, 0.25) is 5.95 Å². The summed E-state index contributed by atoms with van der Waals surface area (Å²) in [5.74, 6) is 0.383. The Hall–Kier alpha value is -3.26. The average molecular weight is 351 g/mol. The minimum absolute atomic E-state index is 0.134. The van der Waals surface area contributed by atoms with Crippen molar-refractivity contribution in [2.75, 3.05) is 18.2 Å². The Labute approximate surface area is 146 Å². The van der Waals surface area contributed by atoms with E-state index < -0.39 is 0 Å². The fourth-order valence-electron chi connectivity index (χ4n) is 2.56. The molecule has 0 unspecified atom stereocenters. The molecule has 0 spiro atoms. The second-order valence-electron chi connectivity index (χ2n) is 5.29. The van der Waals surface area contributed by atoms with Crippen LogP contribution in [0.15, 0.2) is 42.0 Å². The predicted molar refractivity (Wildman–Crippen MR) is 98.1 cm³/mol. The molecule has 0 saturated heterocycles. The third-order valence-corrected chi connectivity index (χ3v) is 4.66. The summed E-state index contributed by atoms with van der Waals surface area (Å²) in [5, 5.41) is 5.52. The van der Waals surface area contributed by atoms with Crippen LogP contribution in [-0.2, 0) is 0 Å². The number of hydrogen-bond donors (Lipinski definition) is 2. The number of thiophene rings is 1. The van der Waals surface area contributed by atoms with Gasteiger partial charge in [-0.2, -0.15) is 0 Å². The van der Waals surface area contributed by atoms with Crippen LogP contribution in [0.2, 0.25) is 0 Å². The van der Waals surface area contributed by atoms with Crippen molar-refractivity contribution in [1.29, 1.82) is 0 Å². The number of fused-ring (bicyclic) bond motifs is 2. The van der Waals surface area contributed by atoms with Crippen molar-refractivity contribution in [3.63, 3.8) is 0 Å². The first-order valence-electron chi connectivity index (χ1n) is 7.39. The molecule has 0 bridgehead atoms. The molecule has 0 aliphatic heterocycles. The molecular weight excluding hydrogens is 338 g/mol. The van der Waals surface area contributed by atoms with Gasteiger partial charge in [0.05, 0.1) is 40.3 Å². The van der Waals surface area contributed by atoms with E-state index in [4.69, 9.17) is 10.5 Å². The number of methoxy groups -OCH3 is 1. The lowest BCUT2D eigenvalue weighted by molar-refractivity contribution is 0.102. The average Bonchev–Trinajstić information content (AvgIpc) is 3.04. The maximum atomic E-state index is 12.7. The van der Waals surface area contributed by atoms with Gasteiger partial charge >= 0.3 is 0 Å². The van der Waals surface area contributed by atoms with Crippen molar-refractivity contribution in [2.45, 2.75) is 0 Å². The van der Waals surface area contributed by atoms with E-state index in [0.29, 0.717) is 22.5 Å². The monoisotopic (exact) mass is 351 g/mol. The number of nitrogen functional groups attached to an aromatic ring is 1. The molecule has 7 nitrogen and oxygen atoms in total. The number of anilines is 2. The number of nitrogens with one attached hydrogen (secondary N) is 1. The van der Waals surface area contributed by atoms with Crippen LogP contribution in [0.1, 0.15) is 10.4 Å². The number of nitrogens with two attached hydrogens (primary N) is 1. The third kappa shape index (κ3) is 2.72. The lowest BCUT2D eigenvalue weighted by atomic mass is 10.1. The van der Waals surface area contributed by atoms with Crippen LogP contribution >= 0.6 is 11.3 Å². The van der Waals surface area contributed by atoms with Crippen molar-refractivity contribution >= 4 is 50.0 Å². The van der Waals surface area contributed by atoms with Gasteiger partial charge in [0.1, 0.15) is 5.75 Å². The Bertz CT molecular complexity index is 1110. The molecule has 4 rings (SSSR count). The molecule has 3 N–H and O–H groups in total. The number of pyridine rings is 1. The lowest BCUT2D eigenvalue weighted by Gasteiger charge is -2.11. The predicted octanol–water partition coefficient (Wildman–Crippen LogP) is 3.08. The van der Waals surface area contributed by atoms with Crippen LogP contribution in [-0.4, -0.2) is 28.0 Å². The van der Waals surface area contributed by atoms with Crippen molar-refractivity contribution in [3.05, 3.63) is 47.6 Å². The van der Waals surface area contributed by atoms with Crippen LogP contribution in [0.3, 0.4) is 0 Å². The largest absolute Gasteiger partial charge is 0.494 e. The van der Waals surface area contributed by atoms with Crippen LogP contribution in [0.5, 0.6) is 5.75 Å². The van der Waals surface area contributed by atoms with E-state index >= 15 is 0 Å². The Morgan fingerprint density at radius 3 is 3.04 bits per heavy atom. The van der Waals surface area contributed by atoms with Crippen LogP contribution < -0.4 is 15.8 Å². The molecule has 0 fully saturated rings. The first kappa shape index (κ1) is 15.3. The Morgan fingerprint density at radius 2 is 2.20 bits per heavy atom. The summed E-state index contributed by atoms with van der Waals surface area (Å²) >= 11 is 1.39. The van der Waals surface area contributed by atoms with Gasteiger partial charge in [-0.25, -0.2) is 9.97 Å². The summed E-state index contributed by atoms with van der Waals surface area (Å²) < 4.78 is 6.18. The van der Waals surface area contributed by atoms with Gasteiger partial charge in [0.15, 0.2) is 0 Å². The topological polar surface area (TPSA) is 103 Å². The molecule has 3 aromatic heterocycles. The van der Waals surface area contributed by atoms with Gasteiger partial charge in [-0.3, -0.25) is 9.78 Å². The third-order valence-electron chi connectivity index (χ3n) is 3.75. The fraction of sp³-hybridized carbons (Fsp3) is 0.0588. The van der Waals surface area contributed by atoms with Crippen molar-refractivity contribution in [3.8, 4) is 5.75 Å². The number of rotatable bonds is 3. The number of amides is 1. The van der Waals surface area contributed by atoms with E-state index in [1.165, 1.54) is 11.3 Å². The number of aromatic nitrogens is 3. The van der Waals surface area contributed by atoms with Gasteiger partial charge in [-0.1, -0.05) is 6.07 Å². The van der Waals surface area contributed by atoms with Gasteiger partial charge in [-0.05, 0) is 12.1 Å². The maximum Gasteiger partial charge on any atom is 0.258 e. The molecule has 0 saturated carbocycles. The number of nitrogens with zero attached hydrogens (tertiary/aromatic N) is 3. The normalized spacial score (nSPS) is 10.9. The van der Waals surface area contributed by atoms with E-state index in [1.807, 2.05) is 18.2 Å². The smallest absolute Gasteiger partial charge is 0.258 e. The van der Waals surface area contributed by atoms with E-state index in [-0.39, 0.29) is 11.9 Å². The second-order valence-corrected chi connectivity index (χ2v) is 6.20. The van der Waals surface area contributed by atoms with Crippen LogP contribution in [0.4, 0.5) is 11.6 Å². The van der Waals surface area contributed by atoms with E-state index in [2.05, 4.69) is 20.3 Å². The molecule has 8 heteroatoms. The van der Waals surface area contributed by atoms with Gasteiger partial charge in [0.25, 0.3) is 5.91 Å². The molecule has 1 aromatic carbocycles. The Balaban J connectivity index is 1.74. The number of ether oxygens (including phenoxy) is 1. The van der Waals surface area contributed by atoms with Crippen molar-refractivity contribution in [1.82, 2.24) is 15.0 Å². The van der Waals surface area contributed by atoms with E-state index in [0.717, 1.165) is 15.6 Å². The molecule has 25 heavy (non-hydrogen) atoms. The number of hydrogen-bond acceptors (Lipinski definition) is 7. The Morgan fingerprint density at radius 1 is 1.32 bits per heavy atom. The standard InChI is InChI=1S/C17H13N5O2S/c1-24-13-6-11-9(3-2-4-19-11)5-12(13)21-16(23)10-8-25-14-7-20-17(18)22-15(10)14/h2-8H,1H3,(H,21,23)(H2,18,20,22). The minimum atomic E-state index is -0.286. The highest BCUT2D eigenvalue weighted by Crippen LogP contribution is 2.31. The Kier molecular flexibility index (Phi) is 3.66. The fourth-order valence-corrected chi connectivity index (χ4v) is 3.40. The number of carbonyl (C=O) groups is 1. The van der Waals surface area contributed by atoms with Crippen LogP contribution in [0.25, 0.3) is 21.1 Å². The zero-order valence-corrected chi connectivity index (χ0v) is 14.0. The van der Waals surface area contributed by atoms with Gasteiger partial charge in [-0.15, -0.1) is 11.3 Å². The number of carbonyl (C=O) groups excluding carboxylic acids is 1. The molecule has 0 aliphatic carbocycles. The molecular formula is C17H13N5O2S. The summed E-state index contributed by atoms with van der Waals surface area (Å²) in [5.41, 5.74) is 7.98. The van der Waals surface area contributed by atoms with Crippen LogP contribution in [0, 0.1) is 0 Å². The van der Waals surface area contributed by atoms with Gasteiger partial charge in [0, 0.05) is 23.0 Å². The summed E-state index contributed by atoms with van der Waals surface area (Å²) in [6, 6.07) is 7.38. The van der Waals surface area contributed by atoms with Crippen molar-refractivity contribution in [2.24, 2.45) is 0 Å². The number of benzene rings is 1. The molecule has 3 heterocycles. The highest BCUT2D eigenvalue weighted by molar-refractivity contribution is 7.17. The summed E-state index contributed by atoms with van der Waals surface area (Å²) in [6.45, 7) is 0. The van der Waals surface area contributed by atoms with E-state index in [9.17, 15) is 4.79 Å². The molecule has 0 atom stereocenters. The summed E-state index contributed by atoms with van der Waals surface area (Å²) in [7, 11) is 1.55. The summed E-state index contributed by atoms with van der Waals surface area (Å²) in [6.07, 6.45) is 3.32. The first-order valence-corrected chi connectivity index (χ1v) is 8.27. The quantitative estimate of drug-likeness (QED) is 0.588. The first-order chi connectivity index (χ1) is 12.2. The molecule has 0 radical (unpaired) electrons. The van der Waals surface area contributed by atoms with Crippen molar-refractivity contribution < 1.29 is 9.53 Å². The zero-order valence-electron chi connectivity index (χ0n) is 13.2. The van der Waals surface area contributed by atoms with E-state index in [1.54, 1.807) is 30.9 Å². The highest BCUT2D eigenvalue weighted by Gasteiger charge is 2.17. The molecule has 0 aliphatic rings. The second kappa shape index (κ2) is 5.99. The lowest BCUT2D eigenvalue weighted by Crippen LogP contribution is -2.12. The zero-order chi connectivity index (χ0) is 17.4. The maximum absolute atomic E-state index is 12.7. The minimum Gasteiger partial charge on any atom is -0.494 e. The SMILES string of the molecule is COc1cc2ncccc2cc1NC(=O)c1csc2cnc(N)nc12.